The third-order valence-electron chi connectivity index (χ3n) is 5.01. The Morgan fingerprint density at radius 1 is 1.21 bits per heavy atom. The lowest BCUT2D eigenvalue weighted by Crippen LogP contribution is -2.48. The smallest absolute Gasteiger partial charge is 0.317 e. The number of methoxy groups -OCH3 is 1. The second kappa shape index (κ2) is 12.7. The van der Waals surface area contributed by atoms with Crippen molar-refractivity contribution in [3.05, 3.63) is 35.4 Å². The van der Waals surface area contributed by atoms with Crippen LogP contribution in [0.2, 0.25) is 0 Å². The van der Waals surface area contributed by atoms with Gasteiger partial charge in [0.15, 0.2) is 0 Å². The average molecular weight is 414 g/mol. The van der Waals surface area contributed by atoms with Crippen LogP contribution in [0.1, 0.15) is 30.9 Å². The highest BCUT2D eigenvalue weighted by Crippen LogP contribution is 2.16. The maximum Gasteiger partial charge on any atom is 0.317 e. The molecule has 0 aliphatic carbocycles. The molecule has 1 heterocycles. The van der Waals surface area contributed by atoms with Crippen LogP contribution in [0, 0.1) is 0 Å². The molecule has 8 heteroatoms. The van der Waals surface area contributed by atoms with Gasteiger partial charge in [0.1, 0.15) is 0 Å². The number of nitrogens with one attached hydrogen (secondary N) is 1. The minimum Gasteiger partial charge on any atom is -0.480 e. The summed E-state index contributed by atoms with van der Waals surface area (Å²) in [6.45, 7) is 5.95. The molecule has 0 bridgehead atoms. The molecule has 158 valence electrons. The van der Waals surface area contributed by atoms with Crippen LogP contribution >= 0.6 is 12.4 Å². The van der Waals surface area contributed by atoms with Crippen LogP contribution in [0.5, 0.6) is 0 Å². The molecular formula is C20H32ClN3O4. The summed E-state index contributed by atoms with van der Waals surface area (Å²) in [6, 6.07) is 8.30. The number of carbonyl (C=O) groups is 2. The second-order valence-corrected chi connectivity index (χ2v) is 6.99. The third kappa shape index (κ3) is 8.14. The molecule has 28 heavy (non-hydrogen) atoms. The molecule has 2 rings (SSSR count). The Labute approximate surface area is 173 Å². The summed E-state index contributed by atoms with van der Waals surface area (Å²) in [5, 5.41) is 12.0. The minimum atomic E-state index is -0.783. The first-order valence-electron chi connectivity index (χ1n) is 9.53. The van der Waals surface area contributed by atoms with Crippen LogP contribution in [0.4, 0.5) is 0 Å². The molecule has 1 fully saturated rings. The number of carboxylic acids is 1. The van der Waals surface area contributed by atoms with E-state index < -0.39 is 5.97 Å². The first kappa shape index (κ1) is 24.4. The number of halogens is 1. The van der Waals surface area contributed by atoms with E-state index >= 15 is 0 Å². The molecule has 0 atom stereocenters. The Morgan fingerprint density at radius 3 is 2.36 bits per heavy atom. The maximum atomic E-state index is 12.2. The lowest BCUT2D eigenvalue weighted by atomic mass is 10.0. The summed E-state index contributed by atoms with van der Waals surface area (Å²) in [6.07, 6.45) is 1.80. The van der Waals surface area contributed by atoms with Crippen LogP contribution in [-0.2, 0) is 27.5 Å². The molecule has 1 aliphatic rings. The van der Waals surface area contributed by atoms with E-state index in [2.05, 4.69) is 10.2 Å². The normalized spacial score (nSPS) is 15.2. The number of rotatable bonds is 10. The van der Waals surface area contributed by atoms with Crippen LogP contribution in [-0.4, -0.2) is 72.7 Å². The zero-order chi connectivity index (χ0) is 19.6. The number of hydrogen-bond acceptors (Lipinski definition) is 5. The Hall–Kier alpha value is -1.67. The molecule has 0 spiro atoms. The number of hydrogen-bond donors (Lipinski definition) is 2. The van der Waals surface area contributed by atoms with Gasteiger partial charge in [-0.1, -0.05) is 31.2 Å². The summed E-state index contributed by atoms with van der Waals surface area (Å²) in [5.41, 5.74) is 2.17. The fourth-order valence-electron chi connectivity index (χ4n) is 3.50. The van der Waals surface area contributed by atoms with E-state index in [1.54, 1.807) is 7.11 Å². The van der Waals surface area contributed by atoms with Crippen molar-refractivity contribution >= 4 is 24.3 Å². The van der Waals surface area contributed by atoms with Crippen molar-refractivity contribution in [2.75, 3.05) is 39.8 Å². The van der Waals surface area contributed by atoms with Crippen LogP contribution < -0.4 is 5.32 Å². The highest BCUT2D eigenvalue weighted by atomic mass is 35.5. The Bertz CT molecular complexity index is 604. The number of benzene rings is 1. The summed E-state index contributed by atoms with van der Waals surface area (Å²) in [4.78, 5) is 27.3. The zero-order valence-electron chi connectivity index (χ0n) is 16.7. The predicted octanol–water partition coefficient (Wildman–Crippen LogP) is 1.74. The SMILES string of the molecule is CCN(CC(=O)O)C1CCN(CC(=O)NCc2ccc(COC)cc2)CC1.Cl. The molecule has 1 aromatic carbocycles. The molecular weight excluding hydrogens is 382 g/mol. The van der Waals surface area contributed by atoms with Crippen molar-refractivity contribution in [2.45, 2.75) is 39.0 Å². The number of ether oxygens (including phenoxy) is 1. The fourth-order valence-corrected chi connectivity index (χ4v) is 3.50. The lowest BCUT2D eigenvalue weighted by Gasteiger charge is -2.37. The van der Waals surface area contributed by atoms with Gasteiger partial charge in [-0.2, -0.15) is 0 Å². The van der Waals surface area contributed by atoms with Crippen molar-refractivity contribution in [3.8, 4) is 0 Å². The van der Waals surface area contributed by atoms with Gasteiger partial charge in [0, 0.05) is 32.8 Å². The van der Waals surface area contributed by atoms with Gasteiger partial charge in [-0.25, -0.2) is 0 Å². The van der Waals surface area contributed by atoms with Gasteiger partial charge < -0.3 is 15.2 Å². The maximum absolute atomic E-state index is 12.2. The van der Waals surface area contributed by atoms with E-state index in [0.29, 0.717) is 19.7 Å². The largest absolute Gasteiger partial charge is 0.480 e. The van der Waals surface area contributed by atoms with Crippen molar-refractivity contribution < 1.29 is 19.4 Å². The minimum absolute atomic E-state index is 0. The van der Waals surface area contributed by atoms with Crippen molar-refractivity contribution in [1.82, 2.24) is 15.1 Å². The topological polar surface area (TPSA) is 82.1 Å². The highest BCUT2D eigenvalue weighted by Gasteiger charge is 2.25. The van der Waals surface area contributed by atoms with Gasteiger partial charge in [-0.15, -0.1) is 12.4 Å². The first-order valence-corrected chi connectivity index (χ1v) is 9.53. The molecule has 2 N–H and O–H groups in total. The molecule has 1 aromatic rings. The Kier molecular flexibility index (Phi) is 11.1. The van der Waals surface area contributed by atoms with E-state index in [-0.39, 0.29) is 30.9 Å². The Balaban J connectivity index is 0.00000392. The van der Waals surface area contributed by atoms with Crippen LogP contribution in [0.15, 0.2) is 24.3 Å². The zero-order valence-corrected chi connectivity index (χ0v) is 17.5. The molecule has 1 amide bonds. The molecule has 1 saturated heterocycles. The molecule has 7 nitrogen and oxygen atoms in total. The van der Waals surface area contributed by atoms with Gasteiger partial charge in [-0.05, 0) is 30.5 Å². The number of likely N-dealkylation sites (N-methyl/N-ethyl adjacent to an activating group) is 1. The second-order valence-electron chi connectivity index (χ2n) is 6.99. The van der Waals surface area contributed by atoms with Crippen molar-refractivity contribution in [2.24, 2.45) is 0 Å². The quantitative estimate of drug-likeness (QED) is 0.608. The third-order valence-corrected chi connectivity index (χ3v) is 5.01. The lowest BCUT2D eigenvalue weighted by molar-refractivity contribution is -0.139. The van der Waals surface area contributed by atoms with Gasteiger partial charge in [0.25, 0.3) is 0 Å². The molecule has 0 radical (unpaired) electrons. The van der Waals surface area contributed by atoms with Crippen molar-refractivity contribution in [3.63, 3.8) is 0 Å². The Morgan fingerprint density at radius 2 is 1.82 bits per heavy atom. The standard InChI is InChI=1S/C20H31N3O4.ClH/c1-3-23(14-20(25)26)18-8-10-22(11-9-18)13-19(24)21-12-16-4-6-17(7-5-16)15-27-2;/h4-7,18H,3,8-15H2,1-2H3,(H,21,24)(H,25,26);1H. The number of carbonyl (C=O) groups excluding carboxylic acids is 1. The van der Waals surface area contributed by atoms with Crippen LogP contribution in [0.25, 0.3) is 0 Å². The number of aliphatic carboxylic acids is 1. The van der Waals surface area contributed by atoms with Gasteiger partial charge in [-0.3, -0.25) is 19.4 Å². The predicted molar refractivity (Wildman–Crippen MR) is 111 cm³/mol. The van der Waals surface area contributed by atoms with Gasteiger partial charge in [0.05, 0.1) is 19.7 Å². The number of amides is 1. The summed E-state index contributed by atoms with van der Waals surface area (Å²) in [5.74, 6) is -0.763. The van der Waals surface area contributed by atoms with E-state index in [9.17, 15) is 9.59 Å². The highest BCUT2D eigenvalue weighted by molar-refractivity contribution is 5.85. The van der Waals surface area contributed by atoms with E-state index in [1.165, 1.54) is 0 Å². The fraction of sp³-hybridized carbons (Fsp3) is 0.600. The van der Waals surface area contributed by atoms with Crippen molar-refractivity contribution in [1.29, 1.82) is 0 Å². The van der Waals surface area contributed by atoms with Gasteiger partial charge >= 0.3 is 5.97 Å². The molecule has 0 aromatic heterocycles. The number of likely N-dealkylation sites (tertiary alicyclic amines) is 1. The van der Waals surface area contributed by atoms with Crippen LogP contribution in [0.3, 0.4) is 0 Å². The number of piperidine rings is 1. The first-order chi connectivity index (χ1) is 13.0. The summed E-state index contributed by atoms with van der Waals surface area (Å²) >= 11 is 0. The van der Waals surface area contributed by atoms with E-state index in [1.807, 2.05) is 36.1 Å². The van der Waals surface area contributed by atoms with E-state index in [0.717, 1.165) is 43.6 Å². The monoisotopic (exact) mass is 413 g/mol. The van der Waals surface area contributed by atoms with E-state index in [4.69, 9.17) is 9.84 Å². The molecule has 1 aliphatic heterocycles. The summed E-state index contributed by atoms with van der Waals surface area (Å²) in [7, 11) is 1.67. The summed E-state index contributed by atoms with van der Waals surface area (Å²) < 4.78 is 5.09. The molecule has 0 unspecified atom stereocenters. The number of nitrogens with zero attached hydrogens (tertiary/aromatic N) is 2. The number of carboxylic acid groups (broad SMARTS) is 1. The average Bonchev–Trinajstić information content (AvgIpc) is 2.66. The van der Waals surface area contributed by atoms with Gasteiger partial charge in [0.2, 0.25) is 5.91 Å². The molecule has 0 saturated carbocycles.